The van der Waals surface area contributed by atoms with Crippen molar-refractivity contribution in [2.24, 2.45) is 5.73 Å². The van der Waals surface area contributed by atoms with Crippen molar-refractivity contribution >= 4 is 0 Å². The van der Waals surface area contributed by atoms with E-state index in [2.05, 4.69) is 19.0 Å². The predicted molar refractivity (Wildman–Crippen MR) is 89.6 cm³/mol. The Balaban J connectivity index is 2.29. The van der Waals surface area contributed by atoms with Gasteiger partial charge in [-0.25, -0.2) is 0 Å². The first-order valence-electron chi connectivity index (χ1n) is 8.38. The standard InChI is InChI=1S/C17H25N3O4/c1-3-5-7-22-16-10-15(14-9-13(11-18)24-19-14)20(21)12-17(16)23-8-6-4-2/h9-10,12H,3-8,11,18H2,1-2H3. The molecule has 0 aliphatic rings. The molecule has 2 heterocycles. The molecule has 0 aliphatic carbocycles. The second-order valence-corrected chi connectivity index (χ2v) is 5.50. The Bertz CT molecular complexity index is 643. The van der Waals surface area contributed by atoms with E-state index in [9.17, 15) is 5.21 Å². The van der Waals surface area contributed by atoms with Gasteiger partial charge in [-0.3, -0.25) is 0 Å². The summed E-state index contributed by atoms with van der Waals surface area (Å²) in [6, 6.07) is 3.29. The molecule has 0 saturated heterocycles. The van der Waals surface area contributed by atoms with Gasteiger partial charge < -0.3 is 24.9 Å². The summed E-state index contributed by atoms with van der Waals surface area (Å²) < 4.78 is 17.3. The van der Waals surface area contributed by atoms with Gasteiger partial charge in [0.15, 0.2) is 17.2 Å². The summed E-state index contributed by atoms with van der Waals surface area (Å²) in [6.07, 6.45) is 5.26. The molecule has 2 aromatic heterocycles. The molecule has 0 fully saturated rings. The average Bonchev–Trinajstić information content (AvgIpc) is 3.06. The average molecular weight is 335 g/mol. The molecule has 0 bridgehead atoms. The Labute approximate surface area is 141 Å². The van der Waals surface area contributed by atoms with Crippen LogP contribution in [-0.4, -0.2) is 18.4 Å². The van der Waals surface area contributed by atoms with Crippen molar-refractivity contribution in [3.63, 3.8) is 0 Å². The Morgan fingerprint density at radius 1 is 1.12 bits per heavy atom. The molecule has 0 atom stereocenters. The van der Waals surface area contributed by atoms with E-state index in [4.69, 9.17) is 19.7 Å². The highest BCUT2D eigenvalue weighted by atomic mass is 16.5. The topological polar surface area (TPSA) is 97.5 Å². The minimum atomic E-state index is 0.226. The molecule has 2 N–H and O–H groups in total. The third kappa shape index (κ3) is 4.61. The Hall–Kier alpha value is -2.28. The normalized spacial score (nSPS) is 10.8. The maximum atomic E-state index is 12.3. The van der Waals surface area contributed by atoms with E-state index < -0.39 is 0 Å². The lowest BCUT2D eigenvalue weighted by molar-refractivity contribution is -0.594. The minimum absolute atomic E-state index is 0.226. The van der Waals surface area contributed by atoms with Crippen molar-refractivity contribution in [1.29, 1.82) is 0 Å². The first kappa shape index (κ1) is 18.1. The van der Waals surface area contributed by atoms with Gasteiger partial charge in [0.05, 0.1) is 25.8 Å². The number of nitrogens with two attached hydrogens (primary N) is 1. The summed E-state index contributed by atoms with van der Waals surface area (Å²) in [7, 11) is 0. The first-order valence-corrected chi connectivity index (χ1v) is 8.38. The molecular weight excluding hydrogens is 310 g/mol. The molecule has 0 aromatic carbocycles. The predicted octanol–water partition coefficient (Wildman–Crippen LogP) is 2.79. The second-order valence-electron chi connectivity index (χ2n) is 5.50. The van der Waals surface area contributed by atoms with Gasteiger partial charge >= 0.3 is 0 Å². The van der Waals surface area contributed by atoms with E-state index in [0.717, 1.165) is 25.7 Å². The van der Waals surface area contributed by atoms with E-state index >= 15 is 0 Å². The molecule has 0 aliphatic heterocycles. The summed E-state index contributed by atoms with van der Waals surface area (Å²) in [5, 5.41) is 16.2. The highest BCUT2D eigenvalue weighted by molar-refractivity contribution is 5.55. The Morgan fingerprint density at radius 2 is 1.79 bits per heavy atom. The summed E-state index contributed by atoms with van der Waals surface area (Å²) >= 11 is 0. The fourth-order valence-corrected chi connectivity index (χ4v) is 2.09. The number of ether oxygens (including phenoxy) is 2. The number of hydrogen-bond donors (Lipinski definition) is 1. The molecule has 132 valence electrons. The summed E-state index contributed by atoms with van der Waals surface area (Å²) in [6.45, 7) is 5.51. The second kappa shape index (κ2) is 9.12. The molecule has 0 amide bonds. The van der Waals surface area contributed by atoms with E-state index in [1.807, 2.05) is 0 Å². The van der Waals surface area contributed by atoms with Crippen LogP contribution >= 0.6 is 0 Å². The molecule has 7 nitrogen and oxygen atoms in total. The Morgan fingerprint density at radius 3 is 2.38 bits per heavy atom. The maximum Gasteiger partial charge on any atom is 0.249 e. The molecule has 0 unspecified atom stereocenters. The van der Waals surface area contributed by atoms with Gasteiger partial charge in [0.25, 0.3) is 0 Å². The van der Waals surface area contributed by atoms with Crippen LogP contribution in [0.3, 0.4) is 0 Å². The quantitative estimate of drug-likeness (QED) is 0.407. The van der Waals surface area contributed by atoms with Gasteiger partial charge in [-0.15, -0.1) is 0 Å². The SMILES string of the molecule is CCCCOc1cc(-c2cc(CN)on2)[n+]([O-])cc1OCCCC. The number of aromatic nitrogens is 2. The molecular formula is C17H25N3O4. The minimum Gasteiger partial charge on any atom is -0.618 e. The zero-order valence-corrected chi connectivity index (χ0v) is 14.3. The van der Waals surface area contributed by atoms with Gasteiger partial charge in [0.2, 0.25) is 17.6 Å². The first-order chi connectivity index (χ1) is 11.7. The van der Waals surface area contributed by atoms with Crippen molar-refractivity contribution in [2.75, 3.05) is 13.2 Å². The van der Waals surface area contributed by atoms with Gasteiger partial charge in [0.1, 0.15) is 0 Å². The van der Waals surface area contributed by atoms with Gasteiger partial charge in [-0.2, -0.15) is 4.73 Å². The van der Waals surface area contributed by atoms with Gasteiger partial charge in [0, 0.05) is 6.07 Å². The molecule has 24 heavy (non-hydrogen) atoms. The molecule has 0 spiro atoms. The summed E-state index contributed by atoms with van der Waals surface area (Å²) in [4.78, 5) is 0. The Kier molecular flexibility index (Phi) is 6.87. The third-order valence-corrected chi connectivity index (χ3v) is 3.52. The highest BCUT2D eigenvalue weighted by Gasteiger charge is 2.20. The molecule has 7 heteroatoms. The lowest BCUT2D eigenvalue weighted by atomic mass is 10.2. The van der Waals surface area contributed by atoms with Crippen LogP contribution in [0.25, 0.3) is 11.4 Å². The lowest BCUT2D eigenvalue weighted by Gasteiger charge is -2.13. The molecule has 2 aromatic rings. The fourth-order valence-electron chi connectivity index (χ4n) is 2.09. The zero-order valence-electron chi connectivity index (χ0n) is 14.3. The zero-order chi connectivity index (χ0) is 17.4. The van der Waals surface area contributed by atoms with Gasteiger partial charge in [-0.05, 0) is 12.8 Å². The molecule has 0 saturated carbocycles. The van der Waals surface area contributed by atoms with Crippen molar-refractivity contribution < 1.29 is 18.7 Å². The molecule has 2 rings (SSSR count). The van der Waals surface area contributed by atoms with E-state index in [1.54, 1.807) is 12.1 Å². The van der Waals surface area contributed by atoms with Crippen molar-refractivity contribution in [1.82, 2.24) is 5.16 Å². The van der Waals surface area contributed by atoms with Crippen LogP contribution in [-0.2, 0) is 6.54 Å². The van der Waals surface area contributed by atoms with E-state index in [1.165, 1.54) is 6.20 Å². The van der Waals surface area contributed by atoms with Crippen LogP contribution in [0.4, 0.5) is 0 Å². The van der Waals surface area contributed by atoms with Crippen LogP contribution in [0.2, 0.25) is 0 Å². The number of rotatable bonds is 10. The van der Waals surface area contributed by atoms with Crippen molar-refractivity contribution in [2.45, 2.75) is 46.1 Å². The van der Waals surface area contributed by atoms with E-state index in [-0.39, 0.29) is 6.54 Å². The fraction of sp³-hybridized carbons (Fsp3) is 0.529. The maximum absolute atomic E-state index is 12.3. The number of unbranched alkanes of at least 4 members (excludes halogenated alkanes) is 2. The van der Waals surface area contributed by atoms with Crippen LogP contribution in [0.5, 0.6) is 11.5 Å². The van der Waals surface area contributed by atoms with Crippen LogP contribution in [0.1, 0.15) is 45.3 Å². The van der Waals surface area contributed by atoms with Crippen molar-refractivity contribution in [3.05, 3.63) is 29.3 Å². The van der Waals surface area contributed by atoms with E-state index in [0.29, 0.717) is 46.6 Å². The van der Waals surface area contributed by atoms with Crippen LogP contribution < -0.4 is 19.9 Å². The third-order valence-electron chi connectivity index (χ3n) is 3.52. The highest BCUT2D eigenvalue weighted by Crippen LogP contribution is 2.30. The molecule has 0 radical (unpaired) electrons. The van der Waals surface area contributed by atoms with Gasteiger partial charge in [-0.1, -0.05) is 31.8 Å². The number of nitrogens with zero attached hydrogens (tertiary/aromatic N) is 2. The number of pyridine rings is 1. The lowest BCUT2D eigenvalue weighted by Crippen LogP contribution is -2.29. The van der Waals surface area contributed by atoms with Crippen LogP contribution in [0, 0.1) is 5.21 Å². The van der Waals surface area contributed by atoms with Crippen molar-refractivity contribution in [3.8, 4) is 22.9 Å². The smallest absolute Gasteiger partial charge is 0.249 e. The van der Waals surface area contributed by atoms with Crippen LogP contribution in [0.15, 0.2) is 22.9 Å². The number of hydrogen-bond acceptors (Lipinski definition) is 6. The summed E-state index contributed by atoms with van der Waals surface area (Å²) in [5.41, 5.74) is 6.28. The largest absolute Gasteiger partial charge is 0.618 e. The monoisotopic (exact) mass is 335 g/mol. The summed E-state index contributed by atoms with van der Waals surface area (Å²) in [5.74, 6) is 1.50.